The molecule has 0 bridgehead atoms. The fourth-order valence-corrected chi connectivity index (χ4v) is 3.50. The molecule has 3 aromatic rings. The maximum absolute atomic E-state index is 12.5. The number of anilines is 1. The molecule has 0 amide bonds. The van der Waals surface area contributed by atoms with Gasteiger partial charge in [0, 0.05) is 10.8 Å². The Morgan fingerprint density at radius 1 is 1.05 bits per heavy atom. The van der Waals surface area contributed by atoms with Gasteiger partial charge in [-0.15, -0.1) is 0 Å². The lowest BCUT2D eigenvalue weighted by atomic mass is 10.1. The van der Waals surface area contributed by atoms with Crippen molar-refractivity contribution in [3.05, 3.63) is 66.5 Å². The second kappa shape index (κ2) is 5.18. The van der Waals surface area contributed by atoms with E-state index >= 15 is 0 Å². The quantitative estimate of drug-likeness (QED) is 0.808. The van der Waals surface area contributed by atoms with Gasteiger partial charge in [-0.3, -0.25) is 9.71 Å². The number of aryl methyl sites for hydroxylation is 1. The highest BCUT2D eigenvalue weighted by Gasteiger charge is 2.17. The van der Waals surface area contributed by atoms with Crippen LogP contribution in [0.25, 0.3) is 10.8 Å². The van der Waals surface area contributed by atoms with Crippen LogP contribution in [0.1, 0.15) is 5.56 Å². The summed E-state index contributed by atoms with van der Waals surface area (Å²) in [6.07, 6.45) is 4.31. The Balaban J connectivity index is 2.08. The summed E-state index contributed by atoms with van der Waals surface area (Å²) in [5.74, 6) is 0. The molecule has 0 aliphatic carbocycles. The number of fused-ring (bicyclic) bond motifs is 1. The molecule has 0 saturated heterocycles. The summed E-state index contributed by atoms with van der Waals surface area (Å²) in [7, 11) is -3.64. The molecule has 1 N–H and O–H groups in total. The van der Waals surface area contributed by atoms with Gasteiger partial charge in [0.15, 0.2) is 0 Å². The van der Waals surface area contributed by atoms with Gasteiger partial charge in [-0.05, 0) is 18.6 Å². The van der Waals surface area contributed by atoms with Gasteiger partial charge in [0.25, 0.3) is 10.0 Å². The van der Waals surface area contributed by atoms with Crippen LogP contribution in [-0.4, -0.2) is 13.4 Å². The maximum atomic E-state index is 12.5. The van der Waals surface area contributed by atoms with Gasteiger partial charge in [0.2, 0.25) is 0 Å². The zero-order valence-electron chi connectivity index (χ0n) is 11.4. The zero-order chi connectivity index (χ0) is 14.9. The number of hydrogen-bond donors (Lipinski definition) is 1. The number of nitrogens with one attached hydrogen (secondary N) is 1. The molecule has 1 radical (unpaired) electrons. The van der Waals surface area contributed by atoms with Crippen molar-refractivity contribution in [2.75, 3.05) is 4.72 Å². The van der Waals surface area contributed by atoms with Crippen LogP contribution in [0.2, 0.25) is 0 Å². The summed E-state index contributed by atoms with van der Waals surface area (Å²) in [4.78, 5) is 4.23. The first-order chi connectivity index (χ1) is 10.1. The monoisotopic (exact) mass is 297 g/mol. The molecule has 105 valence electrons. The van der Waals surface area contributed by atoms with Crippen molar-refractivity contribution in [1.29, 1.82) is 0 Å². The van der Waals surface area contributed by atoms with E-state index in [9.17, 15) is 8.42 Å². The minimum absolute atomic E-state index is 0.266. The smallest absolute Gasteiger partial charge is 0.262 e. The molecule has 0 aliphatic rings. The summed E-state index contributed by atoms with van der Waals surface area (Å²) in [5, 5.41) is 1.53. The number of rotatable bonds is 3. The Morgan fingerprint density at radius 3 is 2.57 bits per heavy atom. The van der Waals surface area contributed by atoms with Gasteiger partial charge in [0.1, 0.15) is 0 Å². The Morgan fingerprint density at radius 2 is 1.76 bits per heavy atom. The second-order valence-corrected chi connectivity index (χ2v) is 6.35. The van der Waals surface area contributed by atoms with E-state index in [0.29, 0.717) is 11.3 Å². The molecule has 0 spiro atoms. The molecule has 1 heterocycles. The van der Waals surface area contributed by atoms with Crippen LogP contribution in [0.15, 0.2) is 59.6 Å². The number of pyridine rings is 1. The van der Waals surface area contributed by atoms with E-state index in [-0.39, 0.29) is 4.90 Å². The number of nitrogens with zero attached hydrogens (tertiary/aromatic N) is 1. The van der Waals surface area contributed by atoms with Crippen LogP contribution in [0.5, 0.6) is 0 Å². The molecule has 3 rings (SSSR count). The summed E-state index contributed by atoms with van der Waals surface area (Å²) >= 11 is 0. The first-order valence-electron chi connectivity index (χ1n) is 6.42. The summed E-state index contributed by atoms with van der Waals surface area (Å²) in [6, 6.07) is 14.3. The highest BCUT2D eigenvalue weighted by Crippen LogP contribution is 2.25. The third-order valence-corrected chi connectivity index (χ3v) is 4.75. The minimum atomic E-state index is -3.64. The second-order valence-electron chi connectivity index (χ2n) is 4.70. The molecule has 0 saturated carbocycles. The van der Waals surface area contributed by atoms with E-state index in [2.05, 4.69) is 15.9 Å². The molecule has 0 atom stereocenters. The highest BCUT2D eigenvalue weighted by atomic mass is 32.2. The predicted molar refractivity (Wildman–Crippen MR) is 82.6 cm³/mol. The lowest BCUT2D eigenvalue weighted by molar-refractivity contribution is 0.600. The van der Waals surface area contributed by atoms with Crippen LogP contribution in [0, 0.1) is 13.1 Å². The molecule has 1 aromatic heterocycles. The van der Waals surface area contributed by atoms with E-state index in [4.69, 9.17) is 0 Å². The van der Waals surface area contributed by atoms with Gasteiger partial charge >= 0.3 is 0 Å². The predicted octanol–water partition coefficient (Wildman–Crippen LogP) is 3.14. The number of benzene rings is 2. The molecule has 0 aliphatic heterocycles. The standard InChI is InChI=1S/C16H13N2O2S/c1-12-6-2-5-9-16(12)21(19,20)18-15-11-17-10-13-7-3-4-8-14(13)15/h2-9,11,18H,1H3. The third kappa shape index (κ3) is 2.60. The van der Waals surface area contributed by atoms with Gasteiger partial charge in [0.05, 0.1) is 23.0 Å². The number of aromatic nitrogens is 1. The first kappa shape index (κ1) is 13.6. The maximum Gasteiger partial charge on any atom is 0.262 e. The fourth-order valence-electron chi connectivity index (χ4n) is 2.19. The van der Waals surface area contributed by atoms with Crippen molar-refractivity contribution in [2.45, 2.75) is 11.8 Å². The summed E-state index contributed by atoms with van der Waals surface area (Å²) in [5.41, 5.74) is 1.15. The Hall–Kier alpha value is -2.40. The van der Waals surface area contributed by atoms with Gasteiger partial charge in [-0.1, -0.05) is 42.5 Å². The van der Waals surface area contributed by atoms with Crippen molar-refractivity contribution < 1.29 is 8.42 Å². The van der Waals surface area contributed by atoms with E-state index < -0.39 is 10.0 Å². The van der Waals surface area contributed by atoms with E-state index in [1.54, 1.807) is 25.1 Å². The van der Waals surface area contributed by atoms with Crippen LogP contribution in [0.3, 0.4) is 0 Å². The SMILES string of the molecule is Cc1ccccc1S(=O)(=O)Nc1cn[c]c2ccccc12. The summed E-state index contributed by atoms with van der Waals surface area (Å²) < 4.78 is 27.6. The molecule has 5 heteroatoms. The van der Waals surface area contributed by atoms with E-state index in [1.807, 2.05) is 30.3 Å². The average molecular weight is 297 g/mol. The van der Waals surface area contributed by atoms with Gasteiger partial charge < -0.3 is 0 Å². The molecular weight excluding hydrogens is 284 g/mol. The van der Waals surface area contributed by atoms with Crippen LogP contribution >= 0.6 is 0 Å². The Labute approximate surface area is 123 Å². The van der Waals surface area contributed by atoms with Crippen molar-refractivity contribution in [3.63, 3.8) is 0 Å². The normalized spacial score (nSPS) is 11.5. The van der Waals surface area contributed by atoms with Crippen molar-refractivity contribution in [3.8, 4) is 0 Å². The highest BCUT2D eigenvalue weighted by molar-refractivity contribution is 7.92. The van der Waals surface area contributed by atoms with Crippen LogP contribution < -0.4 is 4.72 Å². The molecule has 2 aromatic carbocycles. The lowest BCUT2D eigenvalue weighted by Crippen LogP contribution is -2.14. The molecule has 4 nitrogen and oxygen atoms in total. The molecule has 0 fully saturated rings. The van der Waals surface area contributed by atoms with Crippen LogP contribution in [-0.2, 0) is 10.0 Å². The third-order valence-electron chi connectivity index (χ3n) is 3.22. The van der Waals surface area contributed by atoms with Crippen LogP contribution in [0.4, 0.5) is 5.69 Å². The Bertz CT molecular complexity index is 900. The Kier molecular flexibility index (Phi) is 3.35. The summed E-state index contributed by atoms with van der Waals surface area (Å²) in [6.45, 7) is 1.77. The average Bonchev–Trinajstić information content (AvgIpc) is 2.47. The van der Waals surface area contributed by atoms with Crippen molar-refractivity contribution in [2.24, 2.45) is 0 Å². The molecular formula is C16H13N2O2S. The first-order valence-corrected chi connectivity index (χ1v) is 7.90. The number of sulfonamides is 1. The number of hydrogen-bond acceptors (Lipinski definition) is 3. The lowest BCUT2D eigenvalue weighted by Gasteiger charge is -2.11. The van der Waals surface area contributed by atoms with E-state index in [0.717, 1.165) is 10.8 Å². The van der Waals surface area contributed by atoms with Crippen molar-refractivity contribution in [1.82, 2.24) is 4.98 Å². The van der Waals surface area contributed by atoms with E-state index in [1.165, 1.54) is 6.20 Å². The minimum Gasteiger partial charge on any atom is -0.277 e. The van der Waals surface area contributed by atoms with Gasteiger partial charge in [-0.25, -0.2) is 8.42 Å². The largest absolute Gasteiger partial charge is 0.277 e. The van der Waals surface area contributed by atoms with Crippen molar-refractivity contribution >= 4 is 26.5 Å². The molecule has 21 heavy (non-hydrogen) atoms. The molecule has 0 unspecified atom stereocenters. The zero-order valence-corrected chi connectivity index (χ0v) is 12.2. The fraction of sp³-hybridized carbons (Fsp3) is 0.0625. The van der Waals surface area contributed by atoms with Gasteiger partial charge in [-0.2, -0.15) is 0 Å². The topological polar surface area (TPSA) is 59.1 Å².